The Balaban J connectivity index is 1.78. The predicted molar refractivity (Wildman–Crippen MR) is 123 cm³/mol. The molecule has 0 radical (unpaired) electrons. The first-order valence-corrected chi connectivity index (χ1v) is 10.7. The summed E-state index contributed by atoms with van der Waals surface area (Å²) >= 11 is 0. The Morgan fingerprint density at radius 2 is 1.57 bits per heavy atom. The number of benzene rings is 2. The van der Waals surface area contributed by atoms with Gasteiger partial charge in [-0.15, -0.1) is 0 Å². The second-order valence-electron chi connectivity index (χ2n) is 9.05. The second kappa shape index (κ2) is 8.15. The largest absolute Gasteiger partial charge is 0.379 e. The normalized spacial score (nSPS) is 12.3. The first kappa shape index (κ1) is 20.5. The minimum Gasteiger partial charge on any atom is -0.379 e. The van der Waals surface area contributed by atoms with Crippen LogP contribution in [0.1, 0.15) is 46.6 Å². The second-order valence-corrected chi connectivity index (χ2v) is 9.05. The summed E-state index contributed by atoms with van der Waals surface area (Å²) in [4.78, 5) is 14.6. The van der Waals surface area contributed by atoms with E-state index in [1.165, 1.54) is 5.56 Å². The molecule has 2 aromatic carbocycles. The number of hydrogen-bond donors (Lipinski definition) is 0. The van der Waals surface area contributed by atoms with Crippen molar-refractivity contribution < 1.29 is 4.74 Å². The van der Waals surface area contributed by atoms with Crippen LogP contribution in [0.5, 0.6) is 0 Å². The van der Waals surface area contributed by atoms with Gasteiger partial charge in [0.05, 0.1) is 17.1 Å². The topological polar surface area (TPSA) is 52.8 Å². The average Bonchev–Trinajstić information content (AvgIpc) is 3.06. The SMILES string of the molecule is CC(C)OCCCn1c(-c2ccc(C(C)(C)C)cc2)nc2nc3ccccc3nc21. The fourth-order valence-corrected chi connectivity index (χ4v) is 3.59. The van der Waals surface area contributed by atoms with Gasteiger partial charge in [-0.2, -0.15) is 0 Å². The fraction of sp³-hybridized carbons (Fsp3) is 0.400. The molecular formula is C25H30N4O. The summed E-state index contributed by atoms with van der Waals surface area (Å²) in [6.45, 7) is 12.3. The number of ether oxygens (including phenoxy) is 1. The Labute approximate surface area is 178 Å². The van der Waals surface area contributed by atoms with E-state index in [1.54, 1.807) is 0 Å². The Bertz CT molecular complexity index is 1150. The molecule has 0 saturated carbocycles. The maximum absolute atomic E-state index is 5.75. The highest BCUT2D eigenvalue weighted by molar-refractivity contribution is 5.84. The number of nitrogens with zero attached hydrogens (tertiary/aromatic N) is 4. The van der Waals surface area contributed by atoms with Crippen LogP contribution in [0.25, 0.3) is 33.7 Å². The van der Waals surface area contributed by atoms with E-state index >= 15 is 0 Å². The molecule has 0 saturated heterocycles. The van der Waals surface area contributed by atoms with Crippen molar-refractivity contribution in [1.29, 1.82) is 0 Å². The number of para-hydroxylation sites is 2. The van der Waals surface area contributed by atoms with Gasteiger partial charge in [-0.25, -0.2) is 15.0 Å². The third-order valence-corrected chi connectivity index (χ3v) is 5.24. The quantitative estimate of drug-likeness (QED) is 0.385. The number of imidazole rings is 1. The van der Waals surface area contributed by atoms with Crippen molar-refractivity contribution in [3.05, 3.63) is 54.1 Å². The van der Waals surface area contributed by atoms with Crippen LogP contribution in [0.3, 0.4) is 0 Å². The number of fused-ring (bicyclic) bond motifs is 2. The molecule has 4 aromatic rings. The highest BCUT2D eigenvalue weighted by atomic mass is 16.5. The van der Waals surface area contributed by atoms with Crippen molar-refractivity contribution in [2.45, 2.75) is 59.1 Å². The molecule has 0 bridgehead atoms. The van der Waals surface area contributed by atoms with Crippen LogP contribution < -0.4 is 0 Å². The molecule has 0 aliphatic rings. The Morgan fingerprint density at radius 3 is 2.20 bits per heavy atom. The lowest BCUT2D eigenvalue weighted by atomic mass is 9.87. The lowest BCUT2D eigenvalue weighted by molar-refractivity contribution is 0.0750. The molecule has 5 nitrogen and oxygen atoms in total. The van der Waals surface area contributed by atoms with Gasteiger partial charge in [0, 0.05) is 18.7 Å². The van der Waals surface area contributed by atoms with E-state index in [-0.39, 0.29) is 11.5 Å². The van der Waals surface area contributed by atoms with E-state index in [2.05, 4.69) is 63.5 Å². The molecule has 0 amide bonds. The smallest absolute Gasteiger partial charge is 0.198 e. The van der Waals surface area contributed by atoms with Crippen LogP contribution in [-0.4, -0.2) is 32.2 Å². The summed E-state index contributed by atoms with van der Waals surface area (Å²) in [6, 6.07) is 16.6. The van der Waals surface area contributed by atoms with Crippen LogP contribution in [0.2, 0.25) is 0 Å². The maximum Gasteiger partial charge on any atom is 0.198 e. The van der Waals surface area contributed by atoms with Crippen molar-refractivity contribution in [2.75, 3.05) is 6.61 Å². The van der Waals surface area contributed by atoms with E-state index in [0.29, 0.717) is 12.3 Å². The van der Waals surface area contributed by atoms with Gasteiger partial charge in [0.25, 0.3) is 0 Å². The maximum atomic E-state index is 5.75. The molecule has 156 valence electrons. The third-order valence-electron chi connectivity index (χ3n) is 5.24. The fourth-order valence-electron chi connectivity index (χ4n) is 3.59. The van der Waals surface area contributed by atoms with Gasteiger partial charge in [0.2, 0.25) is 0 Å². The first-order valence-electron chi connectivity index (χ1n) is 10.7. The van der Waals surface area contributed by atoms with Gasteiger partial charge < -0.3 is 9.30 Å². The number of aryl methyl sites for hydroxylation is 1. The average molecular weight is 403 g/mol. The predicted octanol–water partition coefficient (Wildman–Crippen LogP) is 5.76. The Kier molecular flexibility index (Phi) is 5.56. The molecule has 0 atom stereocenters. The number of hydrogen-bond acceptors (Lipinski definition) is 4. The summed E-state index contributed by atoms with van der Waals surface area (Å²) in [7, 11) is 0. The molecule has 2 heterocycles. The highest BCUT2D eigenvalue weighted by Gasteiger charge is 2.18. The summed E-state index contributed by atoms with van der Waals surface area (Å²) in [6.07, 6.45) is 1.13. The standard InChI is InChI=1S/C25H30N4O/c1-17(2)30-16-8-15-29-23(18-11-13-19(14-12-18)25(3,4)5)28-22-24(29)27-21-10-7-6-9-20(21)26-22/h6-7,9-14,17H,8,15-16H2,1-5H3. The van der Waals surface area contributed by atoms with E-state index < -0.39 is 0 Å². The zero-order valence-corrected chi connectivity index (χ0v) is 18.5. The molecule has 0 spiro atoms. The first-order chi connectivity index (χ1) is 14.3. The molecular weight excluding hydrogens is 372 g/mol. The summed E-state index contributed by atoms with van der Waals surface area (Å²) in [5, 5.41) is 0. The summed E-state index contributed by atoms with van der Waals surface area (Å²) in [5.41, 5.74) is 5.78. The lowest BCUT2D eigenvalue weighted by Gasteiger charge is -2.19. The summed E-state index contributed by atoms with van der Waals surface area (Å²) in [5.74, 6) is 0.908. The molecule has 2 aromatic heterocycles. The molecule has 30 heavy (non-hydrogen) atoms. The van der Waals surface area contributed by atoms with Crippen molar-refractivity contribution in [3.63, 3.8) is 0 Å². The molecule has 4 rings (SSSR count). The lowest BCUT2D eigenvalue weighted by Crippen LogP contribution is -2.11. The van der Waals surface area contributed by atoms with E-state index in [9.17, 15) is 0 Å². The van der Waals surface area contributed by atoms with Crippen molar-refractivity contribution in [1.82, 2.24) is 19.5 Å². The van der Waals surface area contributed by atoms with Crippen LogP contribution in [0, 0.1) is 0 Å². The van der Waals surface area contributed by atoms with Crippen LogP contribution in [0.4, 0.5) is 0 Å². The van der Waals surface area contributed by atoms with Crippen molar-refractivity contribution in [3.8, 4) is 11.4 Å². The molecule has 0 aliphatic heterocycles. The van der Waals surface area contributed by atoms with Crippen molar-refractivity contribution >= 4 is 22.3 Å². The molecule has 0 aliphatic carbocycles. The van der Waals surface area contributed by atoms with Gasteiger partial charge in [-0.3, -0.25) is 0 Å². The summed E-state index contributed by atoms with van der Waals surface area (Å²) < 4.78 is 7.94. The Hall–Kier alpha value is -2.79. The van der Waals surface area contributed by atoms with Gasteiger partial charge in [0.1, 0.15) is 5.82 Å². The van der Waals surface area contributed by atoms with Gasteiger partial charge in [-0.1, -0.05) is 57.2 Å². The van der Waals surface area contributed by atoms with Gasteiger partial charge in [0.15, 0.2) is 11.3 Å². The van der Waals surface area contributed by atoms with E-state index in [4.69, 9.17) is 19.7 Å². The molecule has 0 N–H and O–H groups in total. The third kappa shape index (κ3) is 4.21. The molecule has 5 heteroatoms. The van der Waals surface area contributed by atoms with Gasteiger partial charge in [-0.05, 0) is 43.4 Å². The molecule has 0 fully saturated rings. The Morgan fingerprint density at radius 1 is 0.900 bits per heavy atom. The van der Waals surface area contributed by atoms with E-state index in [1.807, 2.05) is 24.3 Å². The zero-order chi connectivity index (χ0) is 21.3. The zero-order valence-electron chi connectivity index (χ0n) is 18.5. The highest BCUT2D eigenvalue weighted by Crippen LogP contribution is 2.28. The van der Waals surface area contributed by atoms with Crippen molar-refractivity contribution in [2.24, 2.45) is 0 Å². The van der Waals surface area contributed by atoms with Crippen LogP contribution in [-0.2, 0) is 16.7 Å². The van der Waals surface area contributed by atoms with Crippen LogP contribution >= 0.6 is 0 Å². The molecule has 0 unspecified atom stereocenters. The minimum absolute atomic E-state index is 0.119. The van der Waals surface area contributed by atoms with Gasteiger partial charge >= 0.3 is 0 Å². The monoisotopic (exact) mass is 402 g/mol. The number of aromatic nitrogens is 4. The van der Waals surface area contributed by atoms with E-state index in [0.717, 1.165) is 41.0 Å². The minimum atomic E-state index is 0.119. The van der Waals surface area contributed by atoms with Crippen LogP contribution in [0.15, 0.2) is 48.5 Å². The number of rotatable bonds is 6.